The summed E-state index contributed by atoms with van der Waals surface area (Å²) in [6.45, 7) is 1.45. The first-order valence-corrected chi connectivity index (χ1v) is 6.50. The molecule has 0 spiro atoms. The molecule has 3 rings (SSSR count). The van der Waals surface area contributed by atoms with Crippen molar-refractivity contribution in [1.29, 1.82) is 0 Å². The summed E-state index contributed by atoms with van der Waals surface area (Å²) >= 11 is 5.82. The number of aryl methyl sites for hydroxylation is 1. The molecule has 18 heavy (non-hydrogen) atoms. The van der Waals surface area contributed by atoms with Crippen molar-refractivity contribution in [1.82, 2.24) is 14.8 Å². The highest BCUT2D eigenvalue weighted by atomic mass is 35.5. The molecule has 0 saturated heterocycles. The van der Waals surface area contributed by atoms with Crippen LogP contribution in [0, 0.1) is 0 Å². The molecule has 0 bridgehead atoms. The molecule has 5 heteroatoms. The summed E-state index contributed by atoms with van der Waals surface area (Å²) in [5.74, 6) is 2.78. The number of fused-ring (bicyclic) bond motifs is 1. The van der Waals surface area contributed by atoms with E-state index >= 15 is 0 Å². The Balaban J connectivity index is 1.70. The molecule has 2 heterocycles. The number of hydrogen-bond donors (Lipinski definition) is 0. The summed E-state index contributed by atoms with van der Waals surface area (Å²) in [5, 5.41) is 9.10. The van der Waals surface area contributed by atoms with E-state index in [1.807, 2.05) is 24.3 Å². The Morgan fingerprint density at radius 2 is 2.00 bits per heavy atom. The van der Waals surface area contributed by atoms with Gasteiger partial charge in [0.05, 0.1) is 0 Å². The standard InChI is InChI=1S/C13H14ClN3O/c14-10-4-6-11(7-5-10)18-9-13-16-15-12-3-1-2-8-17(12)13/h4-7H,1-3,8-9H2. The van der Waals surface area contributed by atoms with Gasteiger partial charge in [-0.15, -0.1) is 10.2 Å². The lowest BCUT2D eigenvalue weighted by atomic mass is 10.2. The van der Waals surface area contributed by atoms with E-state index in [0.29, 0.717) is 11.6 Å². The van der Waals surface area contributed by atoms with Crippen molar-refractivity contribution in [2.75, 3.05) is 0 Å². The number of rotatable bonds is 3. The van der Waals surface area contributed by atoms with Gasteiger partial charge in [0.2, 0.25) is 0 Å². The quantitative estimate of drug-likeness (QED) is 0.855. The first kappa shape index (κ1) is 11.5. The Morgan fingerprint density at radius 3 is 2.83 bits per heavy atom. The fourth-order valence-electron chi connectivity index (χ4n) is 2.15. The lowest BCUT2D eigenvalue weighted by Crippen LogP contribution is -2.14. The minimum Gasteiger partial charge on any atom is -0.486 e. The van der Waals surface area contributed by atoms with Gasteiger partial charge in [-0.2, -0.15) is 0 Å². The maximum Gasteiger partial charge on any atom is 0.171 e. The Kier molecular flexibility index (Phi) is 3.19. The van der Waals surface area contributed by atoms with Gasteiger partial charge in [-0.3, -0.25) is 0 Å². The molecule has 0 atom stereocenters. The van der Waals surface area contributed by atoms with Gasteiger partial charge >= 0.3 is 0 Å². The van der Waals surface area contributed by atoms with E-state index in [4.69, 9.17) is 16.3 Å². The predicted octanol–water partition coefficient (Wildman–Crippen LogP) is 2.85. The minimum absolute atomic E-state index is 0.453. The number of benzene rings is 1. The third-order valence-corrected chi connectivity index (χ3v) is 3.37. The van der Waals surface area contributed by atoms with E-state index in [0.717, 1.165) is 30.4 Å². The van der Waals surface area contributed by atoms with E-state index in [2.05, 4.69) is 14.8 Å². The summed E-state index contributed by atoms with van der Waals surface area (Å²) in [7, 11) is 0. The third kappa shape index (κ3) is 2.34. The lowest BCUT2D eigenvalue weighted by molar-refractivity contribution is 0.286. The second-order valence-electron chi connectivity index (χ2n) is 4.38. The molecule has 0 aliphatic carbocycles. The highest BCUT2D eigenvalue weighted by molar-refractivity contribution is 6.30. The monoisotopic (exact) mass is 263 g/mol. The topological polar surface area (TPSA) is 39.9 Å². The molecular weight excluding hydrogens is 250 g/mol. The molecule has 0 saturated carbocycles. The number of nitrogens with zero attached hydrogens (tertiary/aromatic N) is 3. The molecule has 1 aliphatic heterocycles. The number of hydrogen-bond acceptors (Lipinski definition) is 3. The van der Waals surface area contributed by atoms with E-state index in [1.54, 1.807) is 0 Å². The van der Waals surface area contributed by atoms with Gasteiger partial charge in [-0.05, 0) is 37.1 Å². The van der Waals surface area contributed by atoms with Crippen molar-refractivity contribution in [2.24, 2.45) is 0 Å². The van der Waals surface area contributed by atoms with E-state index in [-0.39, 0.29) is 0 Å². The SMILES string of the molecule is Clc1ccc(OCc2nnc3n2CCCC3)cc1. The summed E-state index contributed by atoms with van der Waals surface area (Å²) < 4.78 is 7.86. The van der Waals surface area contributed by atoms with Crippen LogP contribution in [0.2, 0.25) is 5.02 Å². The Labute approximate surface area is 111 Å². The van der Waals surface area contributed by atoms with Crippen molar-refractivity contribution in [2.45, 2.75) is 32.4 Å². The maximum atomic E-state index is 5.82. The molecule has 0 amide bonds. The third-order valence-electron chi connectivity index (χ3n) is 3.12. The van der Waals surface area contributed by atoms with Crippen LogP contribution in [0.4, 0.5) is 0 Å². The van der Waals surface area contributed by atoms with E-state index in [1.165, 1.54) is 12.8 Å². The number of ether oxygens (including phenoxy) is 1. The van der Waals surface area contributed by atoms with Crippen LogP contribution in [-0.2, 0) is 19.6 Å². The van der Waals surface area contributed by atoms with Crippen LogP contribution in [0.3, 0.4) is 0 Å². The maximum absolute atomic E-state index is 5.82. The lowest BCUT2D eigenvalue weighted by Gasteiger charge is -2.14. The minimum atomic E-state index is 0.453. The summed E-state index contributed by atoms with van der Waals surface area (Å²) in [4.78, 5) is 0. The van der Waals surface area contributed by atoms with Gasteiger partial charge < -0.3 is 9.30 Å². The second-order valence-corrected chi connectivity index (χ2v) is 4.82. The molecular formula is C13H14ClN3O. The van der Waals surface area contributed by atoms with Gasteiger partial charge in [-0.25, -0.2) is 0 Å². The van der Waals surface area contributed by atoms with Crippen LogP contribution in [-0.4, -0.2) is 14.8 Å². The van der Waals surface area contributed by atoms with E-state index < -0.39 is 0 Å². The van der Waals surface area contributed by atoms with Crippen LogP contribution in [0.5, 0.6) is 5.75 Å². The summed E-state index contributed by atoms with van der Waals surface area (Å²) in [6.07, 6.45) is 3.42. The molecule has 0 unspecified atom stereocenters. The Morgan fingerprint density at radius 1 is 1.17 bits per heavy atom. The molecule has 2 aromatic rings. The molecule has 0 radical (unpaired) electrons. The highest BCUT2D eigenvalue weighted by Crippen LogP contribution is 2.18. The van der Waals surface area contributed by atoms with Crippen molar-refractivity contribution in [3.05, 3.63) is 40.9 Å². The average molecular weight is 264 g/mol. The van der Waals surface area contributed by atoms with Crippen LogP contribution in [0.25, 0.3) is 0 Å². The zero-order valence-electron chi connectivity index (χ0n) is 9.97. The van der Waals surface area contributed by atoms with Gasteiger partial charge in [0.25, 0.3) is 0 Å². The fraction of sp³-hybridized carbons (Fsp3) is 0.385. The fourth-order valence-corrected chi connectivity index (χ4v) is 2.28. The Hall–Kier alpha value is -1.55. The normalized spacial score (nSPS) is 14.3. The van der Waals surface area contributed by atoms with Crippen molar-refractivity contribution in [3.8, 4) is 5.75 Å². The zero-order valence-corrected chi connectivity index (χ0v) is 10.7. The molecule has 0 fully saturated rings. The summed E-state index contributed by atoms with van der Waals surface area (Å²) in [6, 6.07) is 7.35. The first-order chi connectivity index (χ1) is 8.83. The van der Waals surface area contributed by atoms with Gasteiger partial charge in [0, 0.05) is 18.0 Å². The van der Waals surface area contributed by atoms with Crippen LogP contribution >= 0.6 is 11.6 Å². The molecule has 1 aromatic carbocycles. The van der Waals surface area contributed by atoms with Crippen LogP contribution in [0.1, 0.15) is 24.5 Å². The van der Waals surface area contributed by atoms with Crippen LogP contribution < -0.4 is 4.74 Å². The average Bonchev–Trinajstić information content (AvgIpc) is 2.82. The van der Waals surface area contributed by atoms with Gasteiger partial charge in [0.15, 0.2) is 5.82 Å². The Bertz CT molecular complexity index is 536. The predicted molar refractivity (Wildman–Crippen MR) is 68.7 cm³/mol. The second kappa shape index (κ2) is 4.98. The van der Waals surface area contributed by atoms with E-state index in [9.17, 15) is 0 Å². The first-order valence-electron chi connectivity index (χ1n) is 6.12. The molecule has 0 N–H and O–H groups in total. The van der Waals surface area contributed by atoms with Crippen molar-refractivity contribution >= 4 is 11.6 Å². The summed E-state index contributed by atoms with van der Waals surface area (Å²) in [5.41, 5.74) is 0. The molecule has 94 valence electrons. The number of aromatic nitrogens is 3. The van der Waals surface area contributed by atoms with Gasteiger partial charge in [0.1, 0.15) is 18.2 Å². The molecule has 4 nitrogen and oxygen atoms in total. The zero-order chi connectivity index (χ0) is 12.4. The molecule has 1 aliphatic rings. The van der Waals surface area contributed by atoms with Crippen molar-refractivity contribution in [3.63, 3.8) is 0 Å². The smallest absolute Gasteiger partial charge is 0.171 e. The van der Waals surface area contributed by atoms with Crippen LogP contribution in [0.15, 0.2) is 24.3 Å². The van der Waals surface area contributed by atoms with Crippen molar-refractivity contribution < 1.29 is 4.74 Å². The molecule has 1 aromatic heterocycles. The number of halogens is 1. The van der Waals surface area contributed by atoms with Gasteiger partial charge in [-0.1, -0.05) is 11.6 Å². The largest absolute Gasteiger partial charge is 0.486 e. The highest BCUT2D eigenvalue weighted by Gasteiger charge is 2.15.